The normalized spacial score (nSPS) is 23.8. The van der Waals surface area contributed by atoms with Gasteiger partial charge in [0.25, 0.3) is 0 Å². The number of amides is 2. The third kappa shape index (κ3) is 4.20. The summed E-state index contributed by atoms with van der Waals surface area (Å²) in [6.45, 7) is 5.90. The number of hydrogen-bond acceptors (Lipinski definition) is 4. The summed E-state index contributed by atoms with van der Waals surface area (Å²) in [5.41, 5.74) is 5.45. The van der Waals surface area contributed by atoms with E-state index < -0.39 is 35.2 Å². The van der Waals surface area contributed by atoms with E-state index in [9.17, 15) is 24.8 Å². The second kappa shape index (κ2) is 9.26. The average Bonchev–Trinajstić information content (AvgIpc) is 3.05. The number of nitrogens with two attached hydrogens (primary N) is 1. The number of aromatic nitrogens is 1. The topological polar surface area (TPSA) is 138 Å². The number of carboxylic acid groups (broad SMARTS) is 1. The molecule has 1 aliphatic rings. The zero-order chi connectivity index (χ0) is 24.5. The van der Waals surface area contributed by atoms with Crippen molar-refractivity contribution in [3.05, 3.63) is 35.5 Å². The number of primary amides is 1. The molecule has 3 rings (SSSR count). The van der Waals surface area contributed by atoms with Crippen molar-refractivity contribution in [1.82, 2.24) is 9.88 Å². The van der Waals surface area contributed by atoms with E-state index >= 15 is 0 Å². The third-order valence-electron chi connectivity index (χ3n) is 6.90. The molecule has 2 unspecified atom stereocenters. The first-order chi connectivity index (χ1) is 15.5. The van der Waals surface area contributed by atoms with Crippen LogP contribution in [0, 0.1) is 29.1 Å². The van der Waals surface area contributed by atoms with E-state index in [1.165, 1.54) is 0 Å². The summed E-state index contributed by atoms with van der Waals surface area (Å²) in [6.07, 6.45) is 1.80. The van der Waals surface area contributed by atoms with Gasteiger partial charge in [-0.2, -0.15) is 5.26 Å². The first-order valence-electron chi connectivity index (χ1n) is 11.4. The smallest absolute Gasteiger partial charge is 0.352 e. The van der Waals surface area contributed by atoms with Gasteiger partial charge < -0.3 is 20.7 Å². The van der Waals surface area contributed by atoms with E-state index in [0.717, 1.165) is 0 Å². The van der Waals surface area contributed by atoms with Crippen molar-refractivity contribution in [3.8, 4) is 6.07 Å². The highest BCUT2D eigenvalue weighted by molar-refractivity contribution is 6.06. The summed E-state index contributed by atoms with van der Waals surface area (Å²) >= 11 is 0. The van der Waals surface area contributed by atoms with E-state index in [1.807, 2.05) is 20.8 Å². The Labute approximate surface area is 193 Å². The number of hydrogen-bond donors (Lipinski definition) is 3. The minimum absolute atomic E-state index is 0.0408. The van der Waals surface area contributed by atoms with Crippen molar-refractivity contribution in [2.75, 3.05) is 0 Å². The highest BCUT2D eigenvalue weighted by Gasteiger charge is 2.55. The van der Waals surface area contributed by atoms with Crippen LogP contribution in [0.5, 0.6) is 0 Å². The lowest BCUT2D eigenvalue weighted by Gasteiger charge is -2.44. The Balaban J connectivity index is 2.25. The second-order valence-electron chi connectivity index (χ2n) is 9.70. The number of fused-ring (bicyclic) bond motifs is 1. The molecule has 1 aliphatic carbocycles. The fourth-order valence-corrected chi connectivity index (χ4v) is 5.50. The molecule has 8 heteroatoms. The maximum atomic E-state index is 13.5. The predicted octanol–water partition coefficient (Wildman–Crippen LogP) is 3.09. The Hall–Kier alpha value is -3.34. The van der Waals surface area contributed by atoms with Gasteiger partial charge in [-0.05, 0) is 43.6 Å². The van der Waals surface area contributed by atoms with Gasteiger partial charge in [-0.25, -0.2) is 4.79 Å². The monoisotopic (exact) mass is 452 g/mol. The first-order valence-corrected chi connectivity index (χ1v) is 11.4. The maximum Gasteiger partial charge on any atom is 0.352 e. The summed E-state index contributed by atoms with van der Waals surface area (Å²) in [7, 11) is 1.64. The molecule has 0 spiro atoms. The van der Waals surface area contributed by atoms with Gasteiger partial charge >= 0.3 is 5.97 Å². The minimum Gasteiger partial charge on any atom is -0.477 e. The van der Waals surface area contributed by atoms with Gasteiger partial charge in [-0.15, -0.1) is 0 Å². The van der Waals surface area contributed by atoms with Gasteiger partial charge in [0.15, 0.2) is 0 Å². The minimum atomic E-state index is -1.51. The summed E-state index contributed by atoms with van der Waals surface area (Å²) in [6, 6.07) is 8.56. The van der Waals surface area contributed by atoms with Crippen LogP contribution in [0.2, 0.25) is 0 Å². The number of benzene rings is 1. The van der Waals surface area contributed by atoms with Crippen LogP contribution in [0.25, 0.3) is 10.9 Å². The number of aryl methyl sites for hydroxylation is 1. The van der Waals surface area contributed by atoms with Crippen molar-refractivity contribution in [2.45, 2.75) is 57.9 Å². The number of carboxylic acids is 1. The zero-order valence-electron chi connectivity index (χ0n) is 19.6. The third-order valence-corrected chi connectivity index (χ3v) is 6.90. The molecule has 8 nitrogen and oxygen atoms in total. The lowest BCUT2D eigenvalue weighted by molar-refractivity contribution is -0.138. The number of para-hydroxylation sites is 1. The summed E-state index contributed by atoms with van der Waals surface area (Å²) in [5.74, 6) is -2.96. The fraction of sp³-hybridized carbons (Fsp3) is 0.520. The lowest BCUT2D eigenvalue weighted by atomic mass is 9.58. The standard InChI is InChI=1S/C25H32N4O4/c1-14(2)11-16(13-26)28-22(30)18-10-9-15(3)12-25(18,24(27)33)20-17-7-5-6-8-19(17)29(4)21(20)23(31)32/h5-8,14-16,18H,9-12H2,1-4H3,(H2,27,33)(H,28,30)(H,31,32)/t15?,16?,18-,25-/m0/s1. The summed E-state index contributed by atoms with van der Waals surface area (Å²) in [5, 5.41) is 23.1. The average molecular weight is 453 g/mol. The number of nitrogens with zero attached hydrogens (tertiary/aromatic N) is 2. The zero-order valence-corrected chi connectivity index (χ0v) is 19.6. The van der Waals surface area contributed by atoms with Gasteiger partial charge in [-0.1, -0.05) is 39.0 Å². The van der Waals surface area contributed by atoms with Crippen LogP contribution in [-0.4, -0.2) is 33.5 Å². The molecule has 0 bridgehead atoms. The van der Waals surface area contributed by atoms with Crippen LogP contribution >= 0.6 is 0 Å². The van der Waals surface area contributed by atoms with Crippen LogP contribution in [0.3, 0.4) is 0 Å². The van der Waals surface area contributed by atoms with Gasteiger partial charge in [0.05, 0.1) is 17.4 Å². The molecule has 33 heavy (non-hydrogen) atoms. The Morgan fingerprint density at radius 3 is 2.55 bits per heavy atom. The molecule has 0 aliphatic heterocycles. The van der Waals surface area contributed by atoms with Crippen molar-refractivity contribution in [1.29, 1.82) is 5.26 Å². The molecule has 2 amide bonds. The molecule has 0 radical (unpaired) electrons. The molecule has 1 aromatic carbocycles. The van der Waals surface area contributed by atoms with Crippen molar-refractivity contribution in [2.24, 2.45) is 30.5 Å². The van der Waals surface area contributed by atoms with Gasteiger partial charge in [0.1, 0.15) is 11.7 Å². The molecule has 1 heterocycles. The molecule has 0 saturated heterocycles. The summed E-state index contributed by atoms with van der Waals surface area (Å²) < 4.78 is 1.54. The number of carbonyl (C=O) groups excluding carboxylic acids is 2. The lowest BCUT2D eigenvalue weighted by Crippen LogP contribution is -2.57. The van der Waals surface area contributed by atoms with E-state index in [4.69, 9.17) is 5.73 Å². The molecule has 2 aromatic rings. The number of carbonyl (C=O) groups is 3. The predicted molar refractivity (Wildman–Crippen MR) is 124 cm³/mol. The molecule has 176 valence electrons. The van der Waals surface area contributed by atoms with Gasteiger partial charge in [-0.3, -0.25) is 9.59 Å². The van der Waals surface area contributed by atoms with Crippen molar-refractivity contribution in [3.63, 3.8) is 0 Å². The number of nitriles is 1. The van der Waals surface area contributed by atoms with E-state index in [-0.39, 0.29) is 24.0 Å². The molecular formula is C25H32N4O4. The Kier molecular flexibility index (Phi) is 6.82. The molecule has 1 fully saturated rings. The SMILES string of the molecule is CC(C)CC(C#N)NC(=O)[C@@H]1CCC(C)C[C@@]1(C(N)=O)c1c(C(=O)O)n(C)c2ccccc12. The van der Waals surface area contributed by atoms with E-state index in [2.05, 4.69) is 11.4 Å². The molecular weight excluding hydrogens is 420 g/mol. The van der Waals surface area contributed by atoms with Crippen LogP contribution in [0.4, 0.5) is 0 Å². The van der Waals surface area contributed by atoms with Crippen LogP contribution in [-0.2, 0) is 22.1 Å². The molecule has 4 atom stereocenters. The van der Waals surface area contributed by atoms with Crippen LogP contribution in [0.1, 0.15) is 62.5 Å². The fourth-order valence-electron chi connectivity index (χ4n) is 5.50. The molecule has 1 aromatic heterocycles. The Morgan fingerprint density at radius 2 is 1.97 bits per heavy atom. The van der Waals surface area contributed by atoms with E-state index in [0.29, 0.717) is 35.7 Å². The van der Waals surface area contributed by atoms with Crippen LogP contribution < -0.4 is 11.1 Å². The number of nitrogens with one attached hydrogen (secondary N) is 1. The largest absolute Gasteiger partial charge is 0.477 e. The summed E-state index contributed by atoms with van der Waals surface area (Å²) in [4.78, 5) is 39.2. The quantitative estimate of drug-likeness (QED) is 0.592. The Bertz CT molecular complexity index is 1130. The second-order valence-corrected chi connectivity index (χ2v) is 9.70. The Morgan fingerprint density at radius 1 is 1.30 bits per heavy atom. The van der Waals surface area contributed by atoms with Crippen molar-refractivity contribution >= 4 is 28.7 Å². The van der Waals surface area contributed by atoms with Gasteiger partial charge in [0.2, 0.25) is 11.8 Å². The maximum absolute atomic E-state index is 13.5. The van der Waals surface area contributed by atoms with Crippen LogP contribution in [0.15, 0.2) is 24.3 Å². The number of rotatable bonds is 7. The first kappa shape index (κ1) is 24.3. The van der Waals surface area contributed by atoms with E-state index in [1.54, 1.807) is 35.9 Å². The molecule has 1 saturated carbocycles. The highest BCUT2D eigenvalue weighted by Crippen LogP contribution is 2.50. The van der Waals surface area contributed by atoms with Crippen molar-refractivity contribution < 1.29 is 19.5 Å². The number of aromatic carboxylic acids is 1. The molecule has 4 N–H and O–H groups in total. The highest BCUT2D eigenvalue weighted by atomic mass is 16.4. The van der Waals surface area contributed by atoms with Gasteiger partial charge in [0, 0.05) is 23.5 Å².